The van der Waals surface area contributed by atoms with E-state index in [0.29, 0.717) is 37.6 Å². The van der Waals surface area contributed by atoms with Crippen LogP contribution in [-0.4, -0.2) is 30.1 Å². The second kappa shape index (κ2) is 10.0. The normalized spacial score (nSPS) is 18.5. The van der Waals surface area contributed by atoms with E-state index in [2.05, 4.69) is 20.8 Å². The van der Waals surface area contributed by atoms with Crippen molar-refractivity contribution in [2.75, 3.05) is 13.7 Å². The zero-order valence-electron chi connectivity index (χ0n) is 20.2. The Balaban J connectivity index is 1.61. The van der Waals surface area contributed by atoms with E-state index in [-0.39, 0.29) is 17.5 Å². The van der Waals surface area contributed by atoms with Crippen molar-refractivity contribution in [3.63, 3.8) is 0 Å². The van der Waals surface area contributed by atoms with E-state index in [4.69, 9.17) is 9.47 Å². The minimum absolute atomic E-state index is 0.145. The molecule has 35 heavy (non-hydrogen) atoms. The van der Waals surface area contributed by atoms with Gasteiger partial charge in [-0.25, -0.2) is 0 Å². The molecule has 5 rings (SSSR count). The lowest BCUT2D eigenvalue weighted by Crippen LogP contribution is -2.37. The van der Waals surface area contributed by atoms with Crippen molar-refractivity contribution < 1.29 is 19.1 Å². The summed E-state index contributed by atoms with van der Waals surface area (Å²) in [4.78, 5) is 28.7. The third-order valence-corrected chi connectivity index (χ3v) is 7.72. The molecule has 1 heterocycles. The minimum atomic E-state index is -0.365. The van der Waals surface area contributed by atoms with Crippen molar-refractivity contribution >= 4 is 27.5 Å². The molecule has 1 aliphatic heterocycles. The number of Topliss-reactive ketones (excluding diaryl/α,β-unsaturated/α-hetero) is 2. The maximum atomic E-state index is 13.3. The number of rotatable bonds is 6. The van der Waals surface area contributed by atoms with Crippen molar-refractivity contribution in [2.24, 2.45) is 0 Å². The Morgan fingerprint density at radius 1 is 0.914 bits per heavy atom. The van der Waals surface area contributed by atoms with Crippen molar-refractivity contribution in [3.05, 3.63) is 80.6 Å². The van der Waals surface area contributed by atoms with Gasteiger partial charge in [0.25, 0.3) is 0 Å². The Bertz CT molecular complexity index is 1190. The molecule has 0 saturated carbocycles. The largest absolute Gasteiger partial charge is 0.490 e. The van der Waals surface area contributed by atoms with Crippen LogP contribution in [0.25, 0.3) is 0 Å². The molecule has 0 N–H and O–H groups in total. The lowest BCUT2D eigenvalue weighted by molar-refractivity contribution is -0.117. The van der Waals surface area contributed by atoms with Crippen LogP contribution in [0.1, 0.15) is 62.5 Å². The average molecular weight is 536 g/mol. The summed E-state index contributed by atoms with van der Waals surface area (Å²) in [5, 5.41) is 0. The van der Waals surface area contributed by atoms with E-state index < -0.39 is 0 Å². The maximum absolute atomic E-state index is 13.3. The summed E-state index contributed by atoms with van der Waals surface area (Å²) in [7, 11) is 2.01. The number of benzene rings is 2. The molecule has 0 amide bonds. The molecule has 182 valence electrons. The molecule has 6 heteroatoms. The van der Waals surface area contributed by atoms with Crippen molar-refractivity contribution in [1.29, 1.82) is 0 Å². The number of allylic oxidation sites excluding steroid dienone is 4. The monoisotopic (exact) mass is 535 g/mol. The Morgan fingerprint density at radius 3 is 2.14 bits per heavy atom. The standard InChI is InChI=1S/C29H30BrNO4/c1-3-34-25-16-19(15-20(30)29(25)35-17-18-9-5-4-6-10-18)26-27-21(11-7-13-23(27)32)31(2)22-12-8-14-24(33)28(22)26/h4-6,9-10,15-16,26H,3,7-8,11-14,17H2,1-2H3. The fourth-order valence-corrected chi connectivity index (χ4v) is 6.15. The molecule has 2 aromatic rings. The van der Waals surface area contributed by atoms with Gasteiger partial charge in [0.15, 0.2) is 23.1 Å². The SMILES string of the molecule is CCOc1cc(C2C3=C(CCCC3=O)N(C)C3=C2C(=O)CCC3)cc(Br)c1OCc1ccccc1. The molecule has 0 spiro atoms. The quantitative estimate of drug-likeness (QED) is 0.424. The average Bonchev–Trinajstić information content (AvgIpc) is 2.85. The van der Waals surface area contributed by atoms with E-state index in [0.717, 1.165) is 63.8 Å². The summed E-state index contributed by atoms with van der Waals surface area (Å²) in [6, 6.07) is 14.0. The number of carbonyl (C=O) groups is 2. The number of ether oxygens (including phenoxy) is 2. The zero-order valence-corrected chi connectivity index (χ0v) is 21.8. The molecule has 0 fully saturated rings. The first-order chi connectivity index (χ1) is 17.0. The number of hydrogen-bond acceptors (Lipinski definition) is 5. The third-order valence-electron chi connectivity index (χ3n) is 7.14. The van der Waals surface area contributed by atoms with Gasteiger partial charge in [0.2, 0.25) is 0 Å². The summed E-state index contributed by atoms with van der Waals surface area (Å²) >= 11 is 3.71. The van der Waals surface area contributed by atoms with Crippen LogP contribution < -0.4 is 9.47 Å². The summed E-state index contributed by atoms with van der Waals surface area (Å²) in [5.74, 6) is 1.16. The van der Waals surface area contributed by atoms with Gasteiger partial charge < -0.3 is 14.4 Å². The Labute approximate surface area is 214 Å². The molecule has 2 aliphatic carbocycles. The Kier molecular flexibility index (Phi) is 6.83. The van der Waals surface area contributed by atoms with E-state index >= 15 is 0 Å². The molecular formula is C29H30BrNO4. The van der Waals surface area contributed by atoms with Gasteiger partial charge in [-0.05, 0) is 71.8 Å². The van der Waals surface area contributed by atoms with Crippen LogP contribution in [-0.2, 0) is 16.2 Å². The predicted octanol–water partition coefficient (Wildman–Crippen LogP) is 6.47. The lowest BCUT2D eigenvalue weighted by atomic mass is 9.71. The second-order valence-corrected chi connectivity index (χ2v) is 10.2. The summed E-state index contributed by atoms with van der Waals surface area (Å²) in [6.45, 7) is 2.83. The molecule has 0 radical (unpaired) electrons. The maximum Gasteiger partial charge on any atom is 0.175 e. The van der Waals surface area contributed by atoms with E-state index in [1.807, 2.05) is 56.4 Å². The van der Waals surface area contributed by atoms with Crippen LogP contribution in [0, 0.1) is 0 Å². The van der Waals surface area contributed by atoms with Gasteiger partial charge in [-0.2, -0.15) is 0 Å². The second-order valence-electron chi connectivity index (χ2n) is 9.30. The molecule has 5 nitrogen and oxygen atoms in total. The number of halogens is 1. The van der Waals surface area contributed by atoms with Gasteiger partial charge in [0, 0.05) is 48.3 Å². The Hall–Kier alpha value is -2.86. The molecule has 0 atom stereocenters. The van der Waals surface area contributed by atoms with Crippen LogP contribution in [0.3, 0.4) is 0 Å². The summed E-state index contributed by atoms with van der Waals surface area (Å²) < 4.78 is 13.0. The smallest absolute Gasteiger partial charge is 0.175 e. The molecule has 0 aromatic heterocycles. The summed E-state index contributed by atoms with van der Waals surface area (Å²) in [6.07, 6.45) is 4.47. The van der Waals surface area contributed by atoms with Crippen LogP contribution in [0.15, 0.2) is 69.5 Å². The molecular weight excluding hydrogens is 506 g/mol. The first-order valence-corrected chi connectivity index (χ1v) is 13.2. The van der Waals surface area contributed by atoms with Crippen LogP contribution in [0.5, 0.6) is 11.5 Å². The highest BCUT2D eigenvalue weighted by Crippen LogP contribution is 2.50. The number of ketones is 2. The van der Waals surface area contributed by atoms with Crippen LogP contribution >= 0.6 is 15.9 Å². The van der Waals surface area contributed by atoms with E-state index in [1.165, 1.54) is 0 Å². The lowest BCUT2D eigenvalue weighted by Gasteiger charge is -2.42. The van der Waals surface area contributed by atoms with Crippen LogP contribution in [0.4, 0.5) is 0 Å². The van der Waals surface area contributed by atoms with E-state index in [1.54, 1.807) is 0 Å². The van der Waals surface area contributed by atoms with E-state index in [9.17, 15) is 9.59 Å². The van der Waals surface area contributed by atoms with Gasteiger partial charge in [-0.15, -0.1) is 0 Å². The van der Waals surface area contributed by atoms with Gasteiger partial charge in [-0.1, -0.05) is 30.3 Å². The highest BCUT2D eigenvalue weighted by Gasteiger charge is 2.42. The zero-order chi connectivity index (χ0) is 24.5. The predicted molar refractivity (Wildman–Crippen MR) is 138 cm³/mol. The summed E-state index contributed by atoms with van der Waals surface area (Å²) in [5.41, 5.74) is 5.65. The molecule has 2 aromatic carbocycles. The van der Waals surface area contributed by atoms with Crippen molar-refractivity contribution in [2.45, 2.75) is 58.0 Å². The van der Waals surface area contributed by atoms with Crippen molar-refractivity contribution in [3.8, 4) is 11.5 Å². The van der Waals surface area contributed by atoms with Gasteiger partial charge in [0.05, 0.1) is 11.1 Å². The molecule has 0 unspecified atom stereocenters. The minimum Gasteiger partial charge on any atom is -0.490 e. The molecule has 0 saturated heterocycles. The first-order valence-electron chi connectivity index (χ1n) is 12.4. The highest BCUT2D eigenvalue weighted by atomic mass is 79.9. The first kappa shape index (κ1) is 23.9. The van der Waals surface area contributed by atoms with Crippen LogP contribution in [0.2, 0.25) is 0 Å². The third kappa shape index (κ3) is 4.44. The van der Waals surface area contributed by atoms with Gasteiger partial charge in [-0.3, -0.25) is 9.59 Å². The number of carbonyl (C=O) groups excluding carboxylic acids is 2. The topological polar surface area (TPSA) is 55.8 Å². The van der Waals surface area contributed by atoms with Gasteiger partial charge >= 0.3 is 0 Å². The highest BCUT2D eigenvalue weighted by molar-refractivity contribution is 9.10. The van der Waals surface area contributed by atoms with Gasteiger partial charge in [0.1, 0.15) is 6.61 Å². The van der Waals surface area contributed by atoms with Crippen molar-refractivity contribution in [1.82, 2.24) is 4.90 Å². The fraction of sp³-hybridized carbons (Fsp3) is 0.379. The molecule has 3 aliphatic rings. The number of hydrogen-bond donors (Lipinski definition) is 0. The molecule has 0 bridgehead atoms. The fourth-order valence-electron chi connectivity index (χ4n) is 5.57. The Morgan fingerprint density at radius 2 is 1.54 bits per heavy atom. The number of nitrogens with zero attached hydrogens (tertiary/aromatic N) is 1.